The number of benzene rings is 2. The smallest absolute Gasteiger partial charge is 0.261 e. The summed E-state index contributed by atoms with van der Waals surface area (Å²) in [7, 11) is 0. The van der Waals surface area contributed by atoms with Gasteiger partial charge in [-0.25, -0.2) is 0 Å². The van der Waals surface area contributed by atoms with Crippen LogP contribution in [0.3, 0.4) is 0 Å². The van der Waals surface area contributed by atoms with Crippen LogP contribution in [0, 0.1) is 0 Å². The van der Waals surface area contributed by atoms with Crippen molar-refractivity contribution in [2.75, 3.05) is 11.9 Å². The lowest BCUT2D eigenvalue weighted by molar-refractivity contribution is -0.116. The molecule has 3 amide bonds. The first-order valence-corrected chi connectivity index (χ1v) is 10.3. The summed E-state index contributed by atoms with van der Waals surface area (Å²) in [5, 5.41) is 7.11. The lowest BCUT2D eigenvalue weighted by Crippen LogP contribution is -2.31. The summed E-state index contributed by atoms with van der Waals surface area (Å²) in [6.45, 7) is 0.750. The average Bonchev–Trinajstić information content (AvgIpc) is 3.32. The molecule has 0 saturated carbocycles. The number of para-hydroxylation sites is 1. The number of nitrogens with zero attached hydrogens (tertiary/aromatic N) is 3. The Morgan fingerprint density at radius 1 is 1.03 bits per heavy atom. The molecule has 1 N–H and O–H groups in total. The molecule has 7 nitrogen and oxygen atoms in total. The van der Waals surface area contributed by atoms with Gasteiger partial charge in [-0.05, 0) is 42.3 Å². The molecule has 0 fully saturated rings. The summed E-state index contributed by atoms with van der Waals surface area (Å²) in [6.07, 6.45) is 4.16. The predicted octanol–water partition coefficient (Wildman–Crippen LogP) is 3.71. The molecule has 0 spiro atoms. The molecule has 8 heteroatoms. The Hall–Kier alpha value is -3.26. The van der Waals surface area contributed by atoms with Crippen LogP contribution in [0.2, 0.25) is 0 Å². The Morgan fingerprint density at radius 2 is 1.83 bits per heavy atom. The second kappa shape index (κ2) is 8.62. The van der Waals surface area contributed by atoms with Crippen molar-refractivity contribution in [3.05, 3.63) is 82.1 Å². The summed E-state index contributed by atoms with van der Waals surface area (Å²) in [6, 6.07) is 14.4. The molecule has 0 saturated heterocycles. The molecule has 0 aliphatic carbocycles. The van der Waals surface area contributed by atoms with E-state index in [1.807, 2.05) is 36.5 Å². The third-order valence-corrected chi connectivity index (χ3v) is 5.39. The number of hydrogen-bond donors (Lipinski definition) is 1. The number of hydrogen-bond acceptors (Lipinski definition) is 4. The van der Waals surface area contributed by atoms with Gasteiger partial charge in [0.15, 0.2) is 0 Å². The Morgan fingerprint density at radius 3 is 2.63 bits per heavy atom. The van der Waals surface area contributed by atoms with Crippen molar-refractivity contribution in [1.82, 2.24) is 14.7 Å². The van der Waals surface area contributed by atoms with Crippen molar-refractivity contribution in [3.8, 4) is 0 Å². The first kappa shape index (κ1) is 20.0. The largest absolute Gasteiger partial charge is 0.326 e. The Balaban J connectivity index is 1.33. The number of fused-ring (bicyclic) bond motifs is 1. The summed E-state index contributed by atoms with van der Waals surface area (Å²) >= 11 is 3.32. The standard InChI is InChI=1S/C22H19BrN4O3/c23-16-8-9-17-18(13-16)22(30)27(21(17)29)12-3-7-20(28)25-19-6-2-1-5-15(19)14-26-11-4-10-24-26/h1-2,4-6,8-11,13H,3,7,12,14H2,(H,25,28). The van der Waals surface area contributed by atoms with Gasteiger partial charge >= 0.3 is 0 Å². The monoisotopic (exact) mass is 466 g/mol. The van der Waals surface area contributed by atoms with Gasteiger partial charge in [-0.2, -0.15) is 5.10 Å². The lowest BCUT2D eigenvalue weighted by atomic mass is 10.1. The fourth-order valence-corrected chi connectivity index (χ4v) is 3.79. The molecule has 0 radical (unpaired) electrons. The van der Waals surface area contributed by atoms with Crippen LogP contribution < -0.4 is 5.32 Å². The fraction of sp³-hybridized carbons (Fsp3) is 0.182. The van der Waals surface area contributed by atoms with Crippen LogP contribution in [0.25, 0.3) is 0 Å². The van der Waals surface area contributed by atoms with E-state index in [4.69, 9.17) is 0 Å². The van der Waals surface area contributed by atoms with Crippen molar-refractivity contribution >= 4 is 39.3 Å². The number of carbonyl (C=O) groups excluding carboxylic acids is 3. The fourth-order valence-electron chi connectivity index (χ4n) is 3.43. The maximum Gasteiger partial charge on any atom is 0.261 e. The normalized spacial score (nSPS) is 12.9. The zero-order chi connectivity index (χ0) is 21.1. The molecule has 0 bridgehead atoms. The van der Waals surface area contributed by atoms with E-state index < -0.39 is 0 Å². The van der Waals surface area contributed by atoms with Gasteiger partial charge in [0.05, 0.1) is 17.7 Å². The van der Waals surface area contributed by atoms with E-state index >= 15 is 0 Å². The molecule has 4 rings (SSSR count). The second-order valence-corrected chi connectivity index (χ2v) is 7.88. The van der Waals surface area contributed by atoms with E-state index in [9.17, 15) is 14.4 Å². The Labute approximate surface area is 181 Å². The molecular weight excluding hydrogens is 448 g/mol. The first-order valence-electron chi connectivity index (χ1n) is 9.54. The number of aromatic nitrogens is 2. The highest BCUT2D eigenvalue weighted by molar-refractivity contribution is 9.10. The van der Waals surface area contributed by atoms with Gasteiger partial charge in [0.2, 0.25) is 5.91 Å². The van der Waals surface area contributed by atoms with Crippen molar-refractivity contribution in [2.24, 2.45) is 0 Å². The summed E-state index contributed by atoms with van der Waals surface area (Å²) in [5.74, 6) is -0.795. The number of halogens is 1. The van der Waals surface area contributed by atoms with Gasteiger partial charge in [0.25, 0.3) is 11.8 Å². The van der Waals surface area contributed by atoms with Crippen LogP contribution >= 0.6 is 15.9 Å². The van der Waals surface area contributed by atoms with E-state index in [-0.39, 0.29) is 30.7 Å². The van der Waals surface area contributed by atoms with Gasteiger partial charge in [-0.15, -0.1) is 0 Å². The second-order valence-electron chi connectivity index (χ2n) is 6.96. The number of imide groups is 1. The average molecular weight is 467 g/mol. The SMILES string of the molecule is O=C(CCCN1C(=O)c2ccc(Br)cc2C1=O)Nc1ccccc1Cn1cccn1. The van der Waals surface area contributed by atoms with Gasteiger partial charge in [0.1, 0.15) is 0 Å². The van der Waals surface area contributed by atoms with Crippen LogP contribution in [0.15, 0.2) is 65.4 Å². The summed E-state index contributed by atoms with van der Waals surface area (Å²) in [4.78, 5) is 38.6. The maximum absolute atomic E-state index is 12.5. The molecule has 1 aliphatic rings. The minimum atomic E-state index is -0.318. The minimum Gasteiger partial charge on any atom is -0.326 e. The number of nitrogens with one attached hydrogen (secondary N) is 1. The highest BCUT2D eigenvalue weighted by Gasteiger charge is 2.35. The molecule has 2 heterocycles. The zero-order valence-electron chi connectivity index (χ0n) is 16.0. The van der Waals surface area contributed by atoms with E-state index in [0.29, 0.717) is 24.1 Å². The molecule has 2 aromatic carbocycles. The number of carbonyl (C=O) groups is 3. The van der Waals surface area contributed by atoms with E-state index in [1.165, 1.54) is 4.90 Å². The first-order chi connectivity index (χ1) is 14.5. The maximum atomic E-state index is 12.5. The van der Waals surface area contributed by atoms with Gasteiger partial charge in [-0.1, -0.05) is 34.1 Å². The molecular formula is C22H19BrN4O3. The predicted molar refractivity (Wildman–Crippen MR) is 115 cm³/mol. The summed E-state index contributed by atoms with van der Waals surface area (Å²) in [5.41, 5.74) is 2.47. The van der Waals surface area contributed by atoms with Crippen molar-refractivity contribution in [1.29, 1.82) is 0 Å². The van der Waals surface area contributed by atoms with Crippen LogP contribution in [-0.2, 0) is 11.3 Å². The van der Waals surface area contributed by atoms with Crippen molar-refractivity contribution in [2.45, 2.75) is 19.4 Å². The Kier molecular flexibility index (Phi) is 5.76. The minimum absolute atomic E-state index is 0.165. The lowest BCUT2D eigenvalue weighted by Gasteiger charge is -2.14. The molecule has 3 aromatic rings. The van der Waals surface area contributed by atoms with Crippen LogP contribution in [-0.4, -0.2) is 38.9 Å². The van der Waals surface area contributed by atoms with E-state index in [0.717, 1.165) is 15.7 Å². The van der Waals surface area contributed by atoms with Crippen LogP contribution in [0.4, 0.5) is 5.69 Å². The number of anilines is 1. The highest BCUT2D eigenvalue weighted by atomic mass is 79.9. The number of rotatable bonds is 7. The van der Waals surface area contributed by atoms with Crippen molar-refractivity contribution in [3.63, 3.8) is 0 Å². The third-order valence-electron chi connectivity index (χ3n) is 4.90. The molecule has 0 unspecified atom stereocenters. The molecule has 1 aliphatic heterocycles. The molecule has 152 valence electrons. The van der Waals surface area contributed by atoms with Gasteiger partial charge < -0.3 is 5.32 Å². The van der Waals surface area contributed by atoms with Crippen LogP contribution in [0.1, 0.15) is 39.1 Å². The Bertz CT molecular complexity index is 1110. The third kappa shape index (κ3) is 4.18. The van der Waals surface area contributed by atoms with Crippen molar-refractivity contribution < 1.29 is 14.4 Å². The quantitative estimate of drug-likeness (QED) is 0.537. The number of amides is 3. The van der Waals surface area contributed by atoms with Crippen LogP contribution in [0.5, 0.6) is 0 Å². The van der Waals surface area contributed by atoms with E-state index in [1.54, 1.807) is 29.1 Å². The van der Waals surface area contributed by atoms with E-state index in [2.05, 4.69) is 26.3 Å². The summed E-state index contributed by atoms with van der Waals surface area (Å²) < 4.78 is 2.53. The topological polar surface area (TPSA) is 84.3 Å². The molecule has 30 heavy (non-hydrogen) atoms. The highest BCUT2D eigenvalue weighted by Crippen LogP contribution is 2.26. The zero-order valence-corrected chi connectivity index (χ0v) is 17.6. The van der Waals surface area contributed by atoms with Gasteiger partial charge in [-0.3, -0.25) is 24.0 Å². The van der Waals surface area contributed by atoms with Gasteiger partial charge in [0, 0.05) is 35.5 Å². The molecule has 1 aromatic heterocycles. The molecule has 0 atom stereocenters.